The predicted octanol–water partition coefficient (Wildman–Crippen LogP) is 0.492. The van der Waals surface area contributed by atoms with Gasteiger partial charge in [0.05, 0.1) is 0 Å². The fourth-order valence-electron chi connectivity index (χ4n) is 4.31. The molecular formula is C18H29FN4O3. The van der Waals surface area contributed by atoms with Gasteiger partial charge in [-0.05, 0) is 35.5 Å². The Morgan fingerprint density at radius 1 is 1.23 bits per heavy atom. The van der Waals surface area contributed by atoms with Gasteiger partial charge in [-0.25, -0.2) is 10.2 Å². The molecule has 0 unspecified atom stereocenters. The van der Waals surface area contributed by atoms with E-state index in [1.54, 1.807) is 0 Å². The molecule has 0 aromatic heterocycles. The fraction of sp³-hybridized carbons (Fsp3) is 0.833. The molecule has 0 aromatic rings. The molecule has 4 N–H and O–H groups in total. The Hall–Kier alpha value is -1.70. The second-order valence-electron chi connectivity index (χ2n) is 9.64. The number of nitrogens with zero attached hydrogens (tertiary/aromatic N) is 1. The zero-order valence-electron chi connectivity index (χ0n) is 16.1. The van der Waals surface area contributed by atoms with Crippen LogP contribution < -0.4 is 16.6 Å². The van der Waals surface area contributed by atoms with E-state index < -0.39 is 35.0 Å². The van der Waals surface area contributed by atoms with E-state index in [-0.39, 0.29) is 36.0 Å². The molecule has 146 valence electrons. The van der Waals surface area contributed by atoms with Gasteiger partial charge in [0, 0.05) is 6.54 Å². The number of rotatable bonds is 4. The van der Waals surface area contributed by atoms with Crippen molar-refractivity contribution in [1.82, 2.24) is 15.6 Å². The summed E-state index contributed by atoms with van der Waals surface area (Å²) in [6.07, 6.45) is 0.369. The average molecular weight is 368 g/mol. The lowest BCUT2D eigenvalue weighted by Gasteiger charge is -2.37. The number of halogens is 1. The first kappa shape index (κ1) is 19.1. The second-order valence-corrected chi connectivity index (χ2v) is 9.64. The summed E-state index contributed by atoms with van der Waals surface area (Å²) in [4.78, 5) is 39.3. The molecule has 1 aliphatic heterocycles. The SMILES string of the molecule is CC(C)(C)[C@H](NC(=O)C1(F)CC1)C(=O)N1C[C@H]2[C@@H]([C@H]1C(=O)NN)C2(C)C. The number of carbonyl (C=O) groups excluding carboxylic acids is 3. The summed E-state index contributed by atoms with van der Waals surface area (Å²) >= 11 is 0. The number of fused-ring (bicyclic) bond motifs is 1. The van der Waals surface area contributed by atoms with Gasteiger partial charge in [0.1, 0.15) is 12.1 Å². The van der Waals surface area contributed by atoms with Gasteiger partial charge in [-0.15, -0.1) is 0 Å². The number of piperidine rings is 1. The van der Waals surface area contributed by atoms with Crippen molar-refractivity contribution in [2.75, 3.05) is 6.54 Å². The molecule has 0 spiro atoms. The van der Waals surface area contributed by atoms with Crippen molar-refractivity contribution in [2.24, 2.45) is 28.5 Å². The summed E-state index contributed by atoms with van der Waals surface area (Å²) in [5, 5.41) is 2.60. The van der Waals surface area contributed by atoms with Crippen LogP contribution in [0.4, 0.5) is 4.39 Å². The van der Waals surface area contributed by atoms with Gasteiger partial charge >= 0.3 is 0 Å². The Bertz CT molecular complexity index is 653. The van der Waals surface area contributed by atoms with Crippen LogP contribution in [0.5, 0.6) is 0 Å². The van der Waals surface area contributed by atoms with Gasteiger partial charge in [0.25, 0.3) is 11.8 Å². The van der Waals surface area contributed by atoms with Crippen molar-refractivity contribution >= 4 is 17.7 Å². The van der Waals surface area contributed by atoms with Crippen LogP contribution in [0.15, 0.2) is 0 Å². The first-order valence-corrected chi connectivity index (χ1v) is 9.15. The van der Waals surface area contributed by atoms with E-state index in [1.165, 1.54) is 4.90 Å². The number of likely N-dealkylation sites (tertiary alicyclic amines) is 1. The minimum absolute atomic E-state index is 0.0224. The Kier molecular flexibility index (Phi) is 4.14. The molecule has 1 saturated heterocycles. The van der Waals surface area contributed by atoms with E-state index in [4.69, 9.17) is 5.84 Å². The van der Waals surface area contributed by atoms with Gasteiger partial charge in [-0.3, -0.25) is 19.8 Å². The van der Waals surface area contributed by atoms with E-state index in [2.05, 4.69) is 24.6 Å². The minimum atomic E-state index is -1.85. The summed E-state index contributed by atoms with van der Waals surface area (Å²) in [5.41, 5.74) is -0.338. The number of hydrogen-bond donors (Lipinski definition) is 3. The third kappa shape index (κ3) is 2.88. The Morgan fingerprint density at radius 2 is 1.81 bits per heavy atom. The molecule has 3 aliphatic rings. The van der Waals surface area contributed by atoms with Crippen molar-refractivity contribution in [3.8, 4) is 0 Å². The predicted molar refractivity (Wildman–Crippen MR) is 93.1 cm³/mol. The molecule has 0 bridgehead atoms. The van der Waals surface area contributed by atoms with Crippen molar-refractivity contribution in [3.63, 3.8) is 0 Å². The van der Waals surface area contributed by atoms with E-state index in [0.717, 1.165) is 0 Å². The van der Waals surface area contributed by atoms with Gasteiger partial charge < -0.3 is 10.2 Å². The maximum Gasteiger partial charge on any atom is 0.258 e. The number of hydrogen-bond acceptors (Lipinski definition) is 4. The topological polar surface area (TPSA) is 105 Å². The highest BCUT2D eigenvalue weighted by Crippen LogP contribution is 2.65. The van der Waals surface area contributed by atoms with E-state index in [1.807, 2.05) is 20.8 Å². The van der Waals surface area contributed by atoms with Crippen molar-refractivity contribution in [3.05, 3.63) is 0 Å². The van der Waals surface area contributed by atoms with Crippen molar-refractivity contribution < 1.29 is 18.8 Å². The number of nitrogens with two attached hydrogens (primary N) is 1. The maximum absolute atomic E-state index is 14.1. The molecule has 1 heterocycles. The molecular weight excluding hydrogens is 339 g/mol. The number of nitrogens with one attached hydrogen (secondary N) is 2. The third-order valence-corrected chi connectivity index (χ3v) is 6.39. The average Bonchev–Trinajstić information content (AvgIpc) is 3.32. The summed E-state index contributed by atoms with van der Waals surface area (Å²) in [6, 6.07) is -1.56. The molecule has 8 heteroatoms. The van der Waals surface area contributed by atoms with Crippen molar-refractivity contribution in [2.45, 2.75) is 65.2 Å². The normalized spacial score (nSPS) is 31.7. The number of alkyl halides is 1. The van der Waals surface area contributed by atoms with Gasteiger partial charge in [-0.1, -0.05) is 34.6 Å². The lowest BCUT2D eigenvalue weighted by atomic mass is 9.85. The molecule has 0 radical (unpaired) electrons. The minimum Gasteiger partial charge on any atom is -0.341 e. The van der Waals surface area contributed by atoms with Crippen LogP contribution in [0.2, 0.25) is 0 Å². The van der Waals surface area contributed by atoms with Crippen molar-refractivity contribution in [1.29, 1.82) is 0 Å². The largest absolute Gasteiger partial charge is 0.341 e. The summed E-state index contributed by atoms with van der Waals surface area (Å²) in [5.74, 6) is 4.10. The maximum atomic E-state index is 14.1. The quantitative estimate of drug-likeness (QED) is 0.382. The Balaban J connectivity index is 1.82. The molecule has 3 amide bonds. The summed E-state index contributed by atoms with van der Waals surface area (Å²) in [6.45, 7) is 10.0. The highest BCUT2D eigenvalue weighted by molar-refractivity contribution is 5.96. The van der Waals surface area contributed by atoms with E-state index in [9.17, 15) is 18.8 Å². The number of carbonyl (C=O) groups is 3. The smallest absolute Gasteiger partial charge is 0.258 e. The molecule has 2 aliphatic carbocycles. The zero-order chi connectivity index (χ0) is 19.7. The van der Waals surface area contributed by atoms with Crippen LogP contribution >= 0.6 is 0 Å². The Labute approximate surface area is 153 Å². The number of hydrazine groups is 1. The van der Waals surface area contributed by atoms with Crippen LogP contribution in [-0.4, -0.2) is 46.9 Å². The summed E-state index contributed by atoms with van der Waals surface area (Å²) in [7, 11) is 0. The van der Waals surface area contributed by atoms with E-state index >= 15 is 0 Å². The number of amides is 3. The third-order valence-electron chi connectivity index (χ3n) is 6.39. The van der Waals surface area contributed by atoms with Crippen LogP contribution in [0, 0.1) is 22.7 Å². The monoisotopic (exact) mass is 368 g/mol. The Morgan fingerprint density at radius 3 is 2.27 bits per heavy atom. The summed E-state index contributed by atoms with van der Waals surface area (Å²) < 4.78 is 14.1. The zero-order valence-corrected chi connectivity index (χ0v) is 16.1. The highest BCUT2D eigenvalue weighted by atomic mass is 19.1. The first-order valence-electron chi connectivity index (χ1n) is 9.15. The van der Waals surface area contributed by atoms with Gasteiger partial charge in [-0.2, -0.15) is 0 Å². The van der Waals surface area contributed by atoms with Gasteiger partial charge in [0.2, 0.25) is 5.91 Å². The van der Waals surface area contributed by atoms with Crippen LogP contribution in [-0.2, 0) is 14.4 Å². The van der Waals surface area contributed by atoms with Crippen LogP contribution in [0.25, 0.3) is 0 Å². The van der Waals surface area contributed by atoms with E-state index in [0.29, 0.717) is 6.54 Å². The van der Waals surface area contributed by atoms with Gasteiger partial charge in [0.15, 0.2) is 5.67 Å². The standard InChI is InChI=1S/C18H29FN4O3/c1-16(2,3)12(21-15(26)18(19)6-7-18)14(25)23-8-9-10(17(9,4)5)11(23)13(24)22-20/h9-12H,6-8,20H2,1-5H3,(H,21,26)(H,22,24)/t9-,10-,11-,12+/m0/s1. The first-order chi connectivity index (χ1) is 11.8. The molecule has 7 nitrogen and oxygen atoms in total. The molecule has 3 fully saturated rings. The molecule has 26 heavy (non-hydrogen) atoms. The van der Waals surface area contributed by atoms with Crippen LogP contribution in [0.1, 0.15) is 47.5 Å². The molecule has 4 atom stereocenters. The second kappa shape index (κ2) is 5.65. The molecule has 2 saturated carbocycles. The molecule has 0 aromatic carbocycles. The highest BCUT2D eigenvalue weighted by Gasteiger charge is 2.69. The fourth-order valence-corrected chi connectivity index (χ4v) is 4.31. The lowest BCUT2D eigenvalue weighted by Crippen LogP contribution is -2.60. The molecule has 3 rings (SSSR count). The lowest BCUT2D eigenvalue weighted by molar-refractivity contribution is -0.146. The van der Waals surface area contributed by atoms with Crippen LogP contribution in [0.3, 0.4) is 0 Å².